The normalized spacial score (nSPS) is 17.5. The van der Waals surface area contributed by atoms with Crippen molar-refractivity contribution in [1.29, 1.82) is 0 Å². The fourth-order valence-corrected chi connectivity index (χ4v) is 4.07. The topological polar surface area (TPSA) is 95.5 Å². The number of halogens is 1. The average Bonchev–Trinajstić information content (AvgIpc) is 3.14. The zero-order valence-corrected chi connectivity index (χ0v) is 18.6. The predicted octanol–water partition coefficient (Wildman–Crippen LogP) is 2.34. The molecule has 2 N–H and O–H groups in total. The predicted molar refractivity (Wildman–Crippen MR) is 115 cm³/mol. The fraction of sp³-hybridized carbons (Fsp3) is 0.571. The summed E-state index contributed by atoms with van der Waals surface area (Å²) in [5.41, 5.74) is 7.52. The largest absolute Gasteiger partial charge is 0.493 e. The van der Waals surface area contributed by atoms with Gasteiger partial charge in [0.2, 0.25) is 5.91 Å². The molecule has 2 aliphatic rings. The van der Waals surface area contributed by atoms with Crippen LogP contribution in [0.3, 0.4) is 0 Å². The Balaban J connectivity index is 0.00000256. The van der Waals surface area contributed by atoms with Crippen molar-refractivity contribution in [1.82, 2.24) is 19.7 Å². The van der Waals surface area contributed by atoms with E-state index in [1.165, 1.54) is 12.8 Å². The smallest absolute Gasteiger partial charge is 0.244 e. The summed E-state index contributed by atoms with van der Waals surface area (Å²) in [4.78, 5) is 19.4. The number of hydrogen-bond donors (Lipinski definition) is 1. The molecule has 0 bridgehead atoms. The molecule has 2 heterocycles. The SMILES string of the molecule is COc1ccc(Cc2nc([C@@H](C)N)n(CC(=O)N3CCC4(CC4)C3)n2)cc1OC.Cl. The van der Waals surface area contributed by atoms with Crippen molar-refractivity contribution < 1.29 is 14.3 Å². The molecule has 2 fully saturated rings. The van der Waals surface area contributed by atoms with Gasteiger partial charge in [-0.3, -0.25) is 4.79 Å². The highest BCUT2D eigenvalue weighted by atomic mass is 35.5. The number of aromatic nitrogens is 3. The summed E-state index contributed by atoms with van der Waals surface area (Å²) in [7, 11) is 3.22. The Hall–Kier alpha value is -2.32. The van der Waals surface area contributed by atoms with E-state index >= 15 is 0 Å². The number of nitrogens with two attached hydrogens (primary N) is 1. The maximum Gasteiger partial charge on any atom is 0.244 e. The number of ether oxygens (including phenoxy) is 2. The number of amides is 1. The molecule has 1 saturated heterocycles. The fourth-order valence-electron chi connectivity index (χ4n) is 4.07. The monoisotopic (exact) mass is 435 g/mol. The summed E-state index contributed by atoms with van der Waals surface area (Å²) >= 11 is 0. The quantitative estimate of drug-likeness (QED) is 0.717. The maximum absolute atomic E-state index is 12.8. The molecule has 1 spiro atoms. The number of likely N-dealkylation sites (tertiary alicyclic amines) is 1. The molecular formula is C21H30ClN5O3. The first-order valence-electron chi connectivity index (χ1n) is 10.1. The lowest BCUT2D eigenvalue weighted by Gasteiger charge is -2.17. The van der Waals surface area contributed by atoms with Crippen LogP contribution in [0.5, 0.6) is 11.5 Å². The van der Waals surface area contributed by atoms with Gasteiger partial charge in [0.1, 0.15) is 12.4 Å². The number of methoxy groups -OCH3 is 2. The molecular weight excluding hydrogens is 406 g/mol. The van der Waals surface area contributed by atoms with Crippen molar-refractivity contribution >= 4 is 18.3 Å². The minimum absolute atomic E-state index is 0. The van der Waals surface area contributed by atoms with E-state index in [1.807, 2.05) is 30.0 Å². The van der Waals surface area contributed by atoms with Gasteiger partial charge in [-0.15, -0.1) is 12.4 Å². The highest BCUT2D eigenvalue weighted by Crippen LogP contribution is 2.52. The zero-order chi connectivity index (χ0) is 20.6. The van der Waals surface area contributed by atoms with Crippen molar-refractivity contribution in [3.63, 3.8) is 0 Å². The first-order valence-corrected chi connectivity index (χ1v) is 10.1. The van der Waals surface area contributed by atoms with Gasteiger partial charge in [0.05, 0.1) is 20.3 Å². The van der Waals surface area contributed by atoms with Crippen LogP contribution < -0.4 is 15.2 Å². The summed E-state index contributed by atoms with van der Waals surface area (Å²) in [5, 5.41) is 4.59. The average molecular weight is 436 g/mol. The lowest BCUT2D eigenvalue weighted by atomic mass is 10.1. The summed E-state index contributed by atoms with van der Waals surface area (Å²) in [5.74, 6) is 2.70. The Morgan fingerprint density at radius 1 is 1.23 bits per heavy atom. The molecule has 0 radical (unpaired) electrons. The van der Waals surface area contributed by atoms with E-state index in [1.54, 1.807) is 18.9 Å². The van der Waals surface area contributed by atoms with Gasteiger partial charge >= 0.3 is 0 Å². The third-order valence-electron chi connectivity index (χ3n) is 5.99. The van der Waals surface area contributed by atoms with Crippen LogP contribution >= 0.6 is 12.4 Å². The molecule has 1 amide bonds. The number of benzene rings is 1. The molecule has 1 aromatic heterocycles. The molecule has 1 saturated carbocycles. The number of rotatable bonds is 7. The van der Waals surface area contributed by atoms with Crippen LogP contribution in [0.4, 0.5) is 0 Å². The number of hydrogen-bond acceptors (Lipinski definition) is 6. The third kappa shape index (κ3) is 4.54. The Morgan fingerprint density at radius 2 is 1.97 bits per heavy atom. The third-order valence-corrected chi connectivity index (χ3v) is 5.99. The maximum atomic E-state index is 12.8. The first kappa shape index (κ1) is 22.4. The van der Waals surface area contributed by atoms with Gasteiger partial charge in [-0.2, -0.15) is 5.10 Å². The molecule has 30 heavy (non-hydrogen) atoms. The Kier molecular flexibility index (Phi) is 6.57. The highest BCUT2D eigenvalue weighted by Gasteiger charge is 2.48. The summed E-state index contributed by atoms with van der Waals surface area (Å²) in [6.07, 6.45) is 4.15. The van der Waals surface area contributed by atoms with Gasteiger partial charge in [0.15, 0.2) is 17.3 Å². The van der Waals surface area contributed by atoms with E-state index in [9.17, 15) is 4.79 Å². The number of carbonyl (C=O) groups excluding carboxylic acids is 1. The second kappa shape index (κ2) is 8.81. The van der Waals surface area contributed by atoms with Crippen molar-refractivity contribution in [2.24, 2.45) is 11.1 Å². The minimum atomic E-state index is -0.303. The molecule has 9 heteroatoms. The van der Waals surface area contributed by atoms with Crippen LogP contribution in [0.25, 0.3) is 0 Å². The van der Waals surface area contributed by atoms with E-state index < -0.39 is 0 Å². The van der Waals surface area contributed by atoms with Crippen LogP contribution in [0, 0.1) is 5.41 Å². The summed E-state index contributed by atoms with van der Waals surface area (Å²) in [6.45, 7) is 3.78. The Labute approximate surface area is 183 Å². The molecule has 2 aromatic rings. The Bertz CT molecular complexity index is 910. The lowest BCUT2D eigenvalue weighted by Crippen LogP contribution is -2.33. The van der Waals surface area contributed by atoms with Crippen molar-refractivity contribution in [3.05, 3.63) is 35.4 Å². The van der Waals surface area contributed by atoms with Crippen LogP contribution in [0.2, 0.25) is 0 Å². The van der Waals surface area contributed by atoms with Crippen LogP contribution in [0.1, 0.15) is 49.4 Å². The van der Waals surface area contributed by atoms with Gasteiger partial charge in [-0.25, -0.2) is 9.67 Å². The molecule has 1 aliphatic heterocycles. The summed E-state index contributed by atoms with van der Waals surface area (Å²) in [6, 6.07) is 5.43. The van der Waals surface area contributed by atoms with Crippen molar-refractivity contribution in [2.45, 2.75) is 45.2 Å². The second-order valence-corrected chi connectivity index (χ2v) is 8.26. The molecule has 1 aliphatic carbocycles. The second-order valence-electron chi connectivity index (χ2n) is 8.26. The van der Waals surface area contributed by atoms with E-state index in [2.05, 4.69) is 10.1 Å². The summed E-state index contributed by atoms with van der Waals surface area (Å²) < 4.78 is 12.3. The van der Waals surface area contributed by atoms with Crippen LogP contribution in [-0.4, -0.2) is 52.9 Å². The lowest BCUT2D eigenvalue weighted by molar-refractivity contribution is -0.131. The van der Waals surface area contributed by atoms with E-state index in [0.717, 1.165) is 25.1 Å². The van der Waals surface area contributed by atoms with Gasteiger partial charge in [0, 0.05) is 19.5 Å². The van der Waals surface area contributed by atoms with Gasteiger partial charge in [-0.1, -0.05) is 6.07 Å². The van der Waals surface area contributed by atoms with Crippen LogP contribution in [0.15, 0.2) is 18.2 Å². The van der Waals surface area contributed by atoms with E-state index in [0.29, 0.717) is 35.0 Å². The molecule has 8 nitrogen and oxygen atoms in total. The molecule has 0 unspecified atom stereocenters. The zero-order valence-electron chi connectivity index (χ0n) is 17.8. The molecule has 164 valence electrons. The minimum Gasteiger partial charge on any atom is -0.493 e. The molecule has 1 atom stereocenters. The highest BCUT2D eigenvalue weighted by molar-refractivity contribution is 5.85. The van der Waals surface area contributed by atoms with Gasteiger partial charge in [-0.05, 0) is 49.3 Å². The van der Waals surface area contributed by atoms with Crippen LogP contribution in [-0.2, 0) is 17.8 Å². The van der Waals surface area contributed by atoms with E-state index in [-0.39, 0.29) is 30.9 Å². The van der Waals surface area contributed by atoms with Crippen molar-refractivity contribution in [3.8, 4) is 11.5 Å². The van der Waals surface area contributed by atoms with E-state index in [4.69, 9.17) is 15.2 Å². The van der Waals surface area contributed by atoms with Gasteiger partial charge < -0.3 is 20.1 Å². The molecule has 4 rings (SSSR count). The standard InChI is InChI=1S/C21H29N5O3.ClH/c1-14(22)20-23-18(11-15-4-5-16(28-2)17(10-15)29-3)24-26(20)12-19(27)25-9-8-21(13-25)6-7-21;/h4-5,10,14H,6-9,11-13,22H2,1-3H3;1H/t14-;/m1./s1. The molecule has 1 aromatic carbocycles. The number of nitrogens with zero attached hydrogens (tertiary/aromatic N) is 4. The number of carbonyl (C=O) groups is 1. The Morgan fingerprint density at radius 3 is 2.57 bits per heavy atom. The first-order chi connectivity index (χ1) is 13.9. The van der Waals surface area contributed by atoms with Crippen molar-refractivity contribution in [2.75, 3.05) is 27.3 Å². The van der Waals surface area contributed by atoms with Gasteiger partial charge in [0.25, 0.3) is 0 Å².